The fraction of sp³-hybridized carbons (Fsp3) is 0.120. The van der Waals surface area contributed by atoms with Gasteiger partial charge in [-0.05, 0) is 60.9 Å². The largest absolute Gasteiger partial charge is 0.507 e. The topological polar surface area (TPSA) is 83.4 Å². The second kappa shape index (κ2) is 7.90. The Balaban J connectivity index is 1.75. The maximum Gasteiger partial charge on any atom is 0.301 e. The number of aliphatic hydroxyl groups is 1. The maximum atomic E-state index is 13.7. The van der Waals surface area contributed by atoms with Crippen LogP contribution in [0.25, 0.3) is 16.0 Å². The predicted octanol–water partition coefficient (Wildman–Crippen LogP) is 5.07. The Morgan fingerprint density at radius 1 is 1.06 bits per heavy atom. The number of ketones is 1. The molecule has 6 nitrogen and oxygen atoms in total. The normalized spacial score (nSPS) is 17.8. The van der Waals surface area contributed by atoms with E-state index in [-0.39, 0.29) is 11.3 Å². The van der Waals surface area contributed by atoms with Crippen LogP contribution in [0.15, 0.2) is 66.5 Å². The fourth-order valence-corrected chi connectivity index (χ4v) is 5.29. The van der Waals surface area contributed by atoms with E-state index >= 15 is 0 Å². The molecule has 1 amide bonds. The summed E-state index contributed by atoms with van der Waals surface area (Å²) < 4.78 is 14.5. The molecule has 3 heterocycles. The number of carbonyl (C=O) groups excluding carboxylic acids is 2. The molecular formula is C25H18FN3O3S. The third-order valence-corrected chi connectivity index (χ3v) is 6.61. The molecule has 5 rings (SSSR count). The number of amides is 1. The molecule has 1 aliphatic heterocycles. The lowest BCUT2D eigenvalue weighted by molar-refractivity contribution is -0.132. The third-order valence-electron chi connectivity index (χ3n) is 5.61. The van der Waals surface area contributed by atoms with Crippen LogP contribution in [0.1, 0.15) is 28.3 Å². The van der Waals surface area contributed by atoms with Crippen LogP contribution in [0.4, 0.5) is 9.52 Å². The molecule has 1 N–H and O–H groups in total. The van der Waals surface area contributed by atoms with Gasteiger partial charge in [0.25, 0.3) is 5.78 Å². The van der Waals surface area contributed by atoms with Crippen molar-refractivity contribution in [1.29, 1.82) is 0 Å². The number of fused-ring (bicyclic) bond motifs is 1. The lowest BCUT2D eigenvalue weighted by Gasteiger charge is -2.23. The van der Waals surface area contributed by atoms with Crippen molar-refractivity contribution in [2.45, 2.75) is 19.9 Å². The minimum atomic E-state index is -0.958. The summed E-state index contributed by atoms with van der Waals surface area (Å²) in [5, 5.41) is 11.4. The number of aromatic nitrogens is 2. The Kier molecular flexibility index (Phi) is 5.02. The fourth-order valence-electron chi connectivity index (χ4n) is 4.12. The predicted molar refractivity (Wildman–Crippen MR) is 125 cm³/mol. The van der Waals surface area contributed by atoms with Crippen molar-refractivity contribution in [3.8, 4) is 0 Å². The van der Waals surface area contributed by atoms with Gasteiger partial charge in [0.2, 0.25) is 0 Å². The van der Waals surface area contributed by atoms with Crippen molar-refractivity contribution < 1.29 is 19.1 Å². The van der Waals surface area contributed by atoms with Crippen LogP contribution in [-0.2, 0) is 9.59 Å². The van der Waals surface area contributed by atoms with Crippen molar-refractivity contribution in [3.63, 3.8) is 0 Å². The zero-order valence-electron chi connectivity index (χ0n) is 17.7. The van der Waals surface area contributed by atoms with Crippen LogP contribution < -0.4 is 4.90 Å². The number of carbonyl (C=O) groups is 2. The summed E-state index contributed by atoms with van der Waals surface area (Å²) >= 11 is 1.29. The molecule has 2 aromatic heterocycles. The number of benzene rings is 2. The minimum Gasteiger partial charge on any atom is -0.507 e. The van der Waals surface area contributed by atoms with E-state index in [2.05, 4.69) is 9.97 Å². The standard InChI is InChI=1S/C25H18FN3O3S/c1-13-11-14(2)20-18(12-13)33-25(28-20)29-21(15-3-5-17(26)6-4-15)19(23(31)24(29)32)22(30)16-7-9-27-10-8-16/h3-12,21,30H,1-2H3/b22-19-. The van der Waals surface area contributed by atoms with Gasteiger partial charge in [0, 0.05) is 18.0 Å². The summed E-state index contributed by atoms with van der Waals surface area (Å²) in [4.78, 5) is 36.3. The van der Waals surface area contributed by atoms with Gasteiger partial charge in [-0.1, -0.05) is 29.5 Å². The van der Waals surface area contributed by atoms with Gasteiger partial charge in [-0.2, -0.15) is 0 Å². The van der Waals surface area contributed by atoms with E-state index in [0.717, 1.165) is 21.3 Å². The summed E-state index contributed by atoms with van der Waals surface area (Å²) in [6, 6.07) is 11.6. The van der Waals surface area contributed by atoms with E-state index in [1.165, 1.54) is 52.9 Å². The number of rotatable bonds is 3. The van der Waals surface area contributed by atoms with E-state index in [1.807, 2.05) is 26.0 Å². The van der Waals surface area contributed by atoms with Crippen molar-refractivity contribution >= 4 is 44.1 Å². The molecule has 33 heavy (non-hydrogen) atoms. The second-order valence-electron chi connectivity index (χ2n) is 7.88. The molecule has 164 valence electrons. The van der Waals surface area contributed by atoms with Gasteiger partial charge in [0.05, 0.1) is 21.8 Å². The van der Waals surface area contributed by atoms with Gasteiger partial charge in [0.1, 0.15) is 11.6 Å². The number of hydrogen-bond acceptors (Lipinski definition) is 6. The molecule has 0 aliphatic carbocycles. The van der Waals surface area contributed by atoms with Gasteiger partial charge in [-0.25, -0.2) is 9.37 Å². The quantitative estimate of drug-likeness (QED) is 0.263. The molecule has 1 fully saturated rings. The van der Waals surface area contributed by atoms with E-state index < -0.39 is 23.5 Å². The molecule has 0 spiro atoms. The van der Waals surface area contributed by atoms with Crippen LogP contribution >= 0.6 is 11.3 Å². The molecule has 0 saturated carbocycles. The molecule has 4 aromatic rings. The van der Waals surface area contributed by atoms with Gasteiger partial charge in [0.15, 0.2) is 5.13 Å². The van der Waals surface area contributed by atoms with E-state index in [9.17, 15) is 19.1 Å². The van der Waals surface area contributed by atoms with Crippen molar-refractivity contribution in [2.75, 3.05) is 4.90 Å². The lowest BCUT2D eigenvalue weighted by Crippen LogP contribution is -2.29. The number of hydrogen-bond donors (Lipinski definition) is 1. The highest BCUT2D eigenvalue weighted by atomic mass is 32.1. The molecular weight excluding hydrogens is 441 g/mol. The van der Waals surface area contributed by atoms with Gasteiger partial charge >= 0.3 is 5.91 Å². The maximum absolute atomic E-state index is 13.7. The monoisotopic (exact) mass is 459 g/mol. The lowest BCUT2D eigenvalue weighted by atomic mass is 9.95. The van der Waals surface area contributed by atoms with Crippen LogP contribution in [0.3, 0.4) is 0 Å². The Morgan fingerprint density at radius 2 is 1.76 bits per heavy atom. The summed E-state index contributed by atoms with van der Waals surface area (Å²) in [5.74, 6) is -2.39. The molecule has 1 atom stereocenters. The first-order chi connectivity index (χ1) is 15.8. The Labute approximate surface area is 192 Å². The summed E-state index contributed by atoms with van der Waals surface area (Å²) in [6.45, 7) is 3.92. The Bertz CT molecular complexity index is 1450. The van der Waals surface area contributed by atoms with Crippen molar-refractivity contribution in [1.82, 2.24) is 9.97 Å². The molecule has 1 saturated heterocycles. The average molecular weight is 460 g/mol. The third kappa shape index (κ3) is 3.48. The van der Waals surface area contributed by atoms with Crippen molar-refractivity contribution in [2.24, 2.45) is 0 Å². The highest BCUT2D eigenvalue weighted by molar-refractivity contribution is 7.22. The molecule has 2 aromatic carbocycles. The highest BCUT2D eigenvalue weighted by Gasteiger charge is 2.48. The number of nitrogens with zero attached hydrogens (tertiary/aromatic N) is 3. The number of halogens is 1. The highest BCUT2D eigenvalue weighted by Crippen LogP contribution is 2.44. The van der Waals surface area contributed by atoms with Crippen LogP contribution in [0.2, 0.25) is 0 Å². The van der Waals surface area contributed by atoms with Crippen LogP contribution in [0, 0.1) is 19.7 Å². The summed E-state index contributed by atoms with van der Waals surface area (Å²) in [7, 11) is 0. The molecule has 0 bridgehead atoms. The first-order valence-corrected chi connectivity index (χ1v) is 11.0. The molecule has 1 unspecified atom stereocenters. The number of aryl methyl sites for hydroxylation is 2. The first-order valence-electron chi connectivity index (χ1n) is 10.2. The smallest absolute Gasteiger partial charge is 0.301 e. The first kappa shape index (κ1) is 21.0. The second-order valence-corrected chi connectivity index (χ2v) is 8.89. The van der Waals surface area contributed by atoms with E-state index in [4.69, 9.17) is 0 Å². The zero-order chi connectivity index (χ0) is 23.3. The number of Topliss-reactive ketones (excluding diaryl/α,β-unsaturated/α-hetero) is 1. The average Bonchev–Trinajstić information content (AvgIpc) is 3.33. The number of anilines is 1. The molecule has 1 aliphatic rings. The summed E-state index contributed by atoms with van der Waals surface area (Å²) in [6.07, 6.45) is 2.97. The molecule has 0 radical (unpaired) electrons. The summed E-state index contributed by atoms with van der Waals surface area (Å²) in [5.41, 5.74) is 3.52. The van der Waals surface area contributed by atoms with E-state index in [1.54, 1.807) is 12.1 Å². The Morgan fingerprint density at radius 3 is 2.45 bits per heavy atom. The van der Waals surface area contributed by atoms with Gasteiger partial charge in [-0.3, -0.25) is 19.5 Å². The minimum absolute atomic E-state index is 0.0787. The number of thiazole rings is 1. The van der Waals surface area contributed by atoms with Crippen LogP contribution in [-0.4, -0.2) is 26.8 Å². The zero-order valence-corrected chi connectivity index (χ0v) is 18.6. The SMILES string of the molecule is Cc1cc(C)c2nc(N3C(=O)C(=O)/C(=C(\O)c4ccncc4)C3c3ccc(F)cc3)sc2c1. The number of pyridine rings is 1. The van der Waals surface area contributed by atoms with E-state index in [0.29, 0.717) is 16.3 Å². The molecule has 8 heteroatoms. The number of aliphatic hydroxyl groups excluding tert-OH is 1. The van der Waals surface area contributed by atoms with Crippen LogP contribution in [0.5, 0.6) is 0 Å². The van der Waals surface area contributed by atoms with Gasteiger partial charge < -0.3 is 5.11 Å². The Hall–Kier alpha value is -3.91. The van der Waals surface area contributed by atoms with Gasteiger partial charge in [-0.15, -0.1) is 0 Å². The van der Waals surface area contributed by atoms with Crippen molar-refractivity contribution in [3.05, 3.63) is 94.6 Å².